The van der Waals surface area contributed by atoms with Gasteiger partial charge in [0.05, 0.1) is 22.9 Å². The van der Waals surface area contributed by atoms with E-state index < -0.39 is 0 Å². The number of anilines is 1. The Kier molecular flexibility index (Phi) is 4.02. The number of pyridine rings is 1. The smallest absolute Gasteiger partial charge is 0.410 e. The summed E-state index contributed by atoms with van der Waals surface area (Å²) in [6.45, 7) is 2.68. The molecule has 2 fully saturated rings. The van der Waals surface area contributed by atoms with Crippen LogP contribution in [0.25, 0.3) is 0 Å². The second-order valence-electron chi connectivity index (χ2n) is 6.29. The van der Waals surface area contributed by atoms with Crippen LogP contribution >= 0.6 is 11.6 Å². The van der Waals surface area contributed by atoms with Crippen molar-refractivity contribution in [2.75, 3.05) is 24.5 Å². The molecule has 0 bridgehead atoms. The maximum absolute atomic E-state index is 12.3. The second kappa shape index (κ2) is 6.32. The van der Waals surface area contributed by atoms with Gasteiger partial charge < -0.3 is 14.5 Å². The fraction of sp³-hybridized carbons (Fsp3) is 0.333. The van der Waals surface area contributed by atoms with Crippen LogP contribution in [0.15, 0.2) is 48.8 Å². The van der Waals surface area contributed by atoms with Gasteiger partial charge in [-0.1, -0.05) is 41.9 Å². The van der Waals surface area contributed by atoms with Gasteiger partial charge in [0.1, 0.15) is 6.61 Å². The molecule has 1 aromatic carbocycles. The lowest BCUT2D eigenvalue weighted by Gasteiger charge is -2.45. The number of carbonyl (C=O) groups is 1. The minimum atomic E-state index is -0.238. The molecular weight excluding hydrogens is 326 g/mol. The Balaban J connectivity index is 1.34. The summed E-state index contributed by atoms with van der Waals surface area (Å²) in [6, 6.07) is 12.0. The molecule has 6 heteroatoms. The van der Waals surface area contributed by atoms with Crippen LogP contribution in [0.2, 0.25) is 5.02 Å². The van der Waals surface area contributed by atoms with Crippen LogP contribution in [-0.2, 0) is 11.3 Å². The third-order valence-corrected chi connectivity index (χ3v) is 4.93. The van der Waals surface area contributed by atoms with Crippen LogP contribution in [0.5, 0.6) is 0 Å². The Hall–Kier alpha value is -2.27. The molecule has 2 atom stereocenters. The summed E-state index contributed by atoms with van der Waals surface area (Å²) in [7, 11) is 0. The van der Waals surface area contributed by atoms with Gasteiger partial charge in [0.15, 0.2) is 0 Å². The number of aromatic nitrogens is 1. The average Bonchev–Trinajstić information content (AvgIpc) is 2.91. The molecule has 1 aromatic heterocycles. The standard InChI is InChI=1S/C18H18ClN3O2/c19-15-6-16(8-20-7-15)22-10-14-9-21(11-17(14)22)18(23)24-12-13-4-2-1-3-5-13/h1-8,14,17H,9-12H2/t14-,17-/m1/s1. The molecular formula is C18H18ClN3O2. The first kappa shape index (κ1) is 15.3. The maximum Gasteiger partial charge on any atom is 0.410 e. The van der Waals surface area contributed by atoms with E-state index >= 15 is 0 Å². The summed E-state index contributed by atoms with van der Waals surface area (Å²) in [6.07, 6.45) is 3.21. The number of nitrogens with zero attached hydrogens (tertiary/aromatic N) is 3. The maximum atomic E-state index is 12.3. The van der Waals surface area contributed by atoms with E-state index in [1.54, 1.807) is 11.1 Å². The number of hydrogen-bond acceptors (Lipinski definition) is 4. The summed E-state index contributed by atoms with van der Waals surface area (Å²) in [5.41, 5.74) is 2.02. The normalized spacial score (nSPS) is 22.0. The zero-order valence-corrected chi connectivity index (χ0v) is 13.9. The first-order valence-corrected chi connectivity index (χ1v) is 8.41. The van der Waals surface area contributed by atoms with Gasteiger partial charge in [0.25, 0.3) is 0 Å². The number of likely N-dealkylation sites (tertiary alicyclic amines) is 1. The molecule has 4 rings (SSSR count). The summed E-state index contributed by atoms with van der Waals surface area (Å²) in [5, 5.41) is 0.632. The van der Waals surface area contributed by atoms with Crippen molar-refractivity contribution in [1.82, 2.24) is 9.88 Å². The van der Waals surface area contributed by atoms with Crippen molar-refractivity contribution in [3.05, 3.63) is 59.4 Å². The lowest BCUT2D eigenvalue weighted by atomic mass is 9.91. The molecule has 0 N–H and O–H groups in total. The van der Waals surface area contributed by atoms with Crippen LogP contribution in [0.1, 0.15) is 5.56 Å². The van der Waals surface area contributed by atoms with Crippen LogP contribution in [-0.4, -0.2) is 41.7 Å². The minimum Gasteiger partial charge on any atom is -0.445 e. The van der Waals surface area contributed by atoms with Crippen molar-refractivity contribution in [2.24, 2.45) is 5.92 Å². The van der Waals surface area contributed by atoms with E-state index in [4.69, 9.17) is 16.3 Å². The number of ether oxygens (including phenoxy) is 1. The van der Waals surface area contributed by atoms with Crippen LogP contribution in [0.4, 0.5) is 10.5 Å². The Labute approximate surface area is 145 Å². The SMILES string of the molecule is O=C(OCc1ccccc1)N1C[C@@H]2CN(c3cncc(Cl)c3)[C@@H]2C1. The summed E-state index contributed by atoms with van der Waals surface area (Å²) < 4.78 is 5.43. The fourth-order valence-corrected chi connectivity index (χ4v) is 3.62. The van der Waals surface area contributed by atoms with Crippen molar-refractivity contribution in [1.29, 1.82) is 0 Å². The van der Waals surface area contributed by atoms with Crippen molar-refractivity contribution < 1.29 is 9.53 Å². The average molecular weight is 344 g/mol. The molecule has 0 radical (unpaired) electrons. The van der Waals surface area contributed by atoms with E-state index in [1.807, 2.05) is 42.6 Å². The highest BCUT2D eigenvalue weighted by atomic mass is 35.5. The lowest BCUT2D eigenvalue weighted by Crippen LogP contribution is -2.55. The largest absolute Gasteiger partial charge is 0.445 e. The predicted molar refractivity (Wildman–Crippen MR) is 92.1 cm³/mol. The van der Waals surface area contributed by atoms with E-state index in [1.165, 1.54) is 0 Å². The number of rotatable bonds is 3. The fourth-order valence-electron chi connectivity index (χ4n) is 3.45. The number of hydrogen-bond donors (Lipinski definition) is 0. The van der Waals surface area contributed by atoms with Crippen LogP contribution in [0, 0.1) is 5.92 Å². The zero-order valence-electron chi connectivity index (χ0n) is 13.1. The molecule has 0 spiro atoms. The molecule has 1 amide bonds. The molecule has 2 aromatic rings. The summed E-state index contributed by atoms with van der Waals surface area (Å²) in [5.74, 6) is 0.494. The number of amides is 1. The number of fused-ring (bicyclic) bond motifs is 1. The van der Waals surface area contributed by atoms with Gasteiger partial charge in [-0.2, -0.15) is 0 Å². The van der Waals surface area contributed by atoms with Gasteiger partial charge in [-0.15, -0.1) is 0 Å². The Morgan fingerprint density at radius 2 is 2.04 bits per heavy atom. The van der Waals surface area contributed by atoms with E-state index in [9.17, 15) is 4.79 Å². The lowest BCUT2D eigenvalue weighted by molar-refractivity contribution is 0.103. The molecule has 2 aliphatic rings. The van der Waals surface area contributed by atoms with Gasteiger partial charge in [-0.25, -0.2) is 4.79 Å². The molecule has 2 aliphatic heterocycles. The van der Waals surface area contributed by atoms with Crippen LogP contribution < -0.4 is 4.90 Å². The van der Waals surface area contributed by atoms with Gasteiger partial charge in [0, 0.05) is 31.7 Å². The van der Waals surface area contributed by atoms with Crippen molar-refractivity contribution in [3.63, 3.8) is 0 Å². The van der Waals surface area contributed by atoms with Crippen LogP contribution in [0.3, 0.4) is 0 Å². The van der Waals surface area contributed by atoms with Crippen molar-refractivity contribution in [2.45, 2.75) is 12.6 Å². The first-order chi connectivity index (χ1) is 11.7. The highest BCUT2D eigenvalue weighted by Gasteiger charge is 2.47. The van der Waals surface area contributed by atoms with E-state index in [0.29, 0.717) is 30.1 Å². The quantitative estimate of drug-likeness (QED) is 0.858. The van der Waals surface area contributed by atoms with Gasteiger partial charge >= 0.3 is 6.09 Å². The number of benzene rings is 1. The summed E-state index contributed by atoms with van der Waals surface area (Å²) in [4.78, 5) is 20.5. The third kappa shape index (κ3) is 2.91. The highest BCUT2D eigenvalue weighted by Crippen LogP contribution is 2.37. The molecule has 124 valence electrons. The van der Waals surface area contributed by atoms with Gasteiger partial charge in [-0.05, 0) is 11.6 Å². The summed E-state index contributed by atoms with van der Waals surface area (Å²) >= 11 is 6.02. The minimum absolute atomic E-state index is 0.238. The zero-order chi connectivity index (χ0) is 16.5. The van der Waals surface area contributed by atoms with Crippen molar-refractivity contribution in [3.8, 4) is 0 Å². The molecule has 0 saturated carbocycles. The molecule has 0 aliphatic carbocycles. The third-order valence-electron chi connectivity index (χ3n) is 4.72. The van der Waals surface area contributed by atoms with Crippen molar-refractivity contribution >= 4 is 23.4 Å². The van der Waals surface area contributed by atoms with Gasteiger partial charge in [0.2, 0.25) is 0 Å². The Bertz CT molecular complexity index is 740. The number of halogens is 1. The molecule has 3 heterocycles. The number of carbonyl (C=O) groups excluding carboxylic acids is 1. The topological polar surface area (TPSA) is 45.7 Å². The first-order valence-electron chi connectivity index (χ1n) is 8.03. The van der Waals surface area contributed by atoms with Gasteiger partial charge in [-0.3, -0.25) is 4.98 Å². The van der Waals surface area contributed by atoms with E-state index in [-0.39, 0.29) is 6.09 Å². The molecule has 5 nitrogen and oxygen atoms in total. The Morgan fingerprint density at radius 3 is 2.83 bits per heavy atom. The Morgan fingerprint density at radius 1 is 1.21 bits per heavy atom. The molecule has 2 saturated heterocycles. The van der Waals surface area contributed by atoms with E-state index in [0.717, 1.165) is 24.3 Å². The predicted octanol–water partition coefficient (Wildman–Crippen LogP) is 3.19. The molecule has 0 unspecified atom stereocenters. The van der Waals surface area contributed by atoms with E-state index in [2.05, 4.69) is 9.88 Å². The monoisotopic (exact) mass is 343 g/mol. The highest BCUT2D eigenvalue weighted by molar-refractivity contribution is 6.30. The second-order valence-corrected chi connectivity index (χ2v) is 6.72. The molecule has 24 heavy (non-hydrogen) atoms.